The van der Waals surface area contributed by atoms with Crippen molar-refractivity contribution in [1.82, 2.24) is 4.72 Å². The number of rotatable bonds is 6. The monoisotopic (exact) mass is 323 g/mol. The predicted octanol–water partition coefficient (Wildman–Crippen LogP) is 2.26. The summed E-state index contributed by atoms with van der Waals surface area (Å²) in [6.07, 6.45) is 0.490. The average Bonchev–Trinajstić information content (AvgIpc) is 2.38. The highest BCUT2D eigenvalue weighted by molar-refractivity contribution is 7.89. The minimum absolute atomic E-state index is 0.279. The van der Waals surface area contributed by atoms with Gasteiger partial charge in [0.25, 0.3) is 0 Å². The van der Waals surface area contributed by atoms with Crippen LogP contribution in [0, 0.1) is 11.7 Å². The maximum absolute atomic E-state index is 13.0. The average molecular weight is 324 g/mol. The van der Waals surface area contributed by atoms with Crippen LogP contribution in [0.2, 0.25) is 5.02 Å². The minimum atomic E-state index is -4.08. The molecule has 2 unspecified atom stereocenters. The first kappa shape index (κ1) is 16.9. The molecule has 1 rings (SSSR count). The predicted molar refractivity (Wildman–Crippen MR) is 72.6 cm³/mol. The molecule has 2 atom stereocenters. The second-order valence-corrected chi connectivity index (χ2v) is 6.52. The van der Waals surface area contributed by atoms with Gasteiger partial charge < -0.3 is 5.11 Å². The lowest BCUT2D eigenvalue weighted by Gasteiger charge is -2.20. The number of carboxylic acids is 1. The fourth-order valence-electron chi connectivity index (χ4n) is 1.52. The lowest BCUT2D eigenvalue weighted by Crippen LogP contribution is -2.44. The van der Waals surface area contributed by atoms with Gasteiger partial charge in [0.15, 0.2) is 0 Å². The van der Waals surface area contributed by atoms with Gasteiger partial charge in [-0.25, -0.2) is 12.8 Å². The standard InChI is InChI=1S/C12H15ClFNO4S/c1-3-7(2)11(12(16)17)15-20(18,19)8-4-5-10(14)9(13)6-8/h4-7,11,15H,3H2,1-2H3,(H,16,17). The molecule has 0 aromatic heterocycles. The number of benzene rings is 1. The Balaban J connectivity index is 3.09. The molecule has 5 nitrogen and oxygen atoms in total. The Morgan fingerprint density at radius 2 is 2.10 bits per heavy atom. The molecule has 0 saturated heterocycles. The number of carboxylic acid groups (broad SMARTS) is 1. The van der Waals surface area contributed by atoms with Gasteiger partial charge in [-0.3, -0.25) is 4.79 Å². The van der Waals surface area contributed by atoms with Gasteiger partial charge in [0, 0.05) is 0 Å². The van der Waals surface area contributed by atoms with E-state index in [-0.39, 0.29) is 9.92 Å². The van der Waals surface area contributed by atoms with E-state index < -0.39 is 33.8 Å². The number of nitrogens with one attached hydrogen (secondary N) is 1. The molecular weight excluding hydrogens is 309 g/mol. The maximum Gasteiger partial charge on any atom is 0.322 e. The molecule has 0 amide bonds. The van der Waals surface area contributed by atoms with Crippen molar-refractivity contribution in [1.29, 1.82) is 0 Å². The van der Waals surface area contributed by atoms with E-state index >= 15 is 0 Å². The Morgan fingerprint density at radius 3 is 2.55 bits per heavy atom. The van der Waals surface area contributed by atoms with Crippen LogP contribution in [0.25, 0.3) is 0 Å². The van der Waals surface area contributed by atoms with E-state index in [9.17, 15) is 17.6 Å². The van der Waals surface area contributed by atoms with Crippen LogP contribution >= 0.6 is 11.6 Å². The minimum Gasteiger partial charge on any atom is -0.480 e. The molecule has 0 aliphatic carbocycles. The van der Waals surface area contributed by atoms with Crippen molar-refractivity contribution in [3.05, 3.63) is 29.0 Å². The molecule has 0 fully saturated rings. The number of hydrogen-bond acceptors (Lipinski definition) is 3. The molecule has 2 N–H and O–H groups in total. The van der Waals surface area contributed by atoms with Crippen molar-refractivity contribution in [2.75, 3.05) is 0 Å². The van der Waals surface area contributed by atoms with Crippen molar-refractivity contribution in [3.8, 4) is 0 Å². The molecule has 0 spiro atoms. The van der Waals surface area contributed by atoms with E-state index in [1.54, 1.807) is 13.8 Å². The smallest absolute Gasteiger partial charge is 0.322 e. The summed E-state index contributed by atoms with van der Waals surface area (Å²) in [7, 11) is -4.08. The third-order valence-electron chi connectivity index (χ3n) is 2.96. The van der Waals surface area contributed by atoms with Crippen molar-refractivity contribution < 1.29 is 22.7 Å². The van der Waals surface area contributed by atoms with Gasteiger partial charge >= 0.3 is 5.97 Å². The van der Waals surface area contributed by atoms with Crippen LogP contribution in [0.3, 0.4) is 0 Å². The Bertz CT molecular complexity index is 605. The first-order valence-electron chi connectivity index (χ1n) is 5.89. The normalized spacial score (nSPS) is 14.8. The highest BCUT2D eigenvalue weighted by atomic mass is 35.5. The Hall–Kier alpha value is -1.18. The van der Waals surface area contributed by atoms with Crippen LogP contribution in [-0.4, -0.2) is 25.5 Å². The Morgan fingerprint density at radius 1 is 1.50 bits per heavy atom. The molecule has 0 aliphatic heterocycles. The van der Waals surface area contributed by atoms with E-state index in [1.807, 2.05) is 0 Å². The molecule has 20 heavy (non-hydrogen) atoms. The summed E-state index contributed by atoms with van der Waals surface area (Å²) in [5.74, 6) is -2.41. The zero-order chi connectivity index (χ0) is 15.5. The molecule has 0 aliphatic rings. The summed E-state index contributed by atoms with van der Waals surface area (Å²) < 4.78 is 39.3. The molecular formula is C12H15ClFNO4S. The number of carbonyl (C=O) groups is 1. The number of halogens is 2. The van der Waals surface area contributed by atoms with Crippen LogP contribution in [-0.2, 0) is 14.8 Å². The Kier molecular flexibility index (Phi) is 5.50. The van der Waals surface area contributed by atoms with Crippen molar-refractivity contribution >= 4 is 27.6 Å². The molecule has 1 aromatic carbocycles. The van der Waals surface area contributed by atoms with Crippen molar-refractivity contribution in [3.63, 3.8) is 0 Å². The van der Waals surface area contributed by atoms with Gasteiger partial charge in [-0.15, -0.1) is 0 Å². The van der Waals surface area contributed by atoms with Gasteiger partial charge in [-0.05, 0) is 24.1 Å². The summed E-state index contributed by atoms with van der Waals surface area (Å²) in [5.41, 5.74) is 0. The summed E-state index contributed by atoms with van der Waals surface area (Å²) in [6.45, 7) is 3.38. The van der Waals surface area contributed by atoms with E-state index in [4.69, 9.17) is 16.7 Å². The Labute approximate surface area is 121 Å². The summed E-state index contributed by atoms with van der Waals surface area (Å²) in [6, 6.07) is 1.62. The van der Waals surface area contributed by atoms with Gasteiger partial charge in [0.05, 0.1) is 9.92 Å². The zero-order valence-electron chi connectivity index (χ0n) is 10.9. The zero-order valence-corrected chi connectivity index (χ0v) is 12.5. The van der Waals surface area contributed by atoms with Gasteiger partial charge in [-0.2, -0.15) is 4.72 Å². The second-order valence-electron chi connectivity index (χ2n) is 4.40. The summed E-state index contributed by atoms with van der Waals surface area (Å²) in [4.78, 5) is 10.8. The van der Waals surface area contributed by atoms with Crippen molar-refractivity contribution in [2.45, 2.75) is 31.2 Å². The number of sulfonamides is 1. The topological polar surface area (TPSA) is 83.5 Å². The lowest BCUT2D eigenvalue weighted by atomic mass is 10.0. The third-order valence-corrected chi connectivity index (χ3v) is 4.69. The van der Waals surface area contributed by atoms with Crippen LogP contribution in [0.1, 0.15) is 20.3 Å². The fourth-order valence-corrected chi connectivity index (χ4v) is 3.09. The fraction of sp³-hybridized carbons (Fsp3) is 0.417. The summed E-state index contributed by atoms with van der Waals surface area (Å²) >= 11 is 5.53. The first-order chi connectivity index (χ1) is 9.19. The van der Waals surface area contributed by atoms with E-state index in [2.05, 4.69) is 4.72 Å². The van der Waals surface area contributed by atoms with E-state index in [0.29, 0.717) is 6.42 Å². The number of hydrogen-bond donors (Lipinski definition) is 2. The molecule has 8 heteroatoms. The molecule has 0 radical (unpaired) electrons. The maximum atomic E-state index is 13.0. The van der Waals surface area contributed by atoms with Crippen molar-refractivity contribution in [2.24, 2.45) is 5.92 Å². The highest BCUT2D eigenvalue weighted by Gasteiger charge is 2.29. The van der Waals surface area contributed by atoms with E-state index in [1.165, 1.54) is 0 Å². The highest BCUT2D eigenvalue weighted by Crippen LogP contribution is 2.20. The number of aliphatic carboxylic acids is 1. The quantitative estimate of drug-likeness (QED) is 0.841. The molecule has 0 saturated carbocycles. The second kappa shape index (κ2) is 6.51. The van der Waals surface area contributed by atoms with Crippen LogP contribution in [0.15, 0.2) is 23.1 Å². The lowest BCUT2D eigenvalue weighted by molar-refractivity contribution is -0.140. The van der Waals surface area contributed by atoms with Gasteiger partial charge in [0.1, 0.15) is 11.9 Å². The SMILES string of the molecule is CCC(C)C(NS(=O)(=O)c1ccc(F)c(Cl)c1)C(=O)O. The van der Waals surface area contributed by atoms with Crippen LogP contribution in [0.5, 0.6) is 0 Å². The molecule has 0 bridgehead atoms. The van der Waals surface area contributed by atoms with Crippen LogP contribution in [0.4, 0.5) is 4.39 Å². The third kappa shape index (κ3) is 3.91. The van der Waals surface area contributed by atoms with Crippen LogP contribution < -0.4 is 4.72 Å². The van der Waals surface area contributed by atoms with Gasteiger partial charge in [-0.1, -0.05) is 31.9 Å². The largest absolute Gasteiger partial charge is 0.480 e. The molecule has 112 valence electrons. The van der Waals surface area contributed by atoms with E-state index in [0.717, 1.165) is 18.2 Å². The summed E-state index contributed by atoms with van der Waals surface area (Å²) in [5, 5.41) is 8.73. The molecule has 1 aromatic rings. The van der Waals surface area contributed by atoms with Gasteiger partial charge in [0.2, 0.25) is 10.0 Å². The molecule has 0 heterocycles. The first-order valence-corrected chi connectivity index (χ1v) is 7.75.